The average Bonchev–Trinajstić information content (AvgIpc) is 3.05. The van der Waals surface area contributed by atoms with Crippen molar-refractivity contribution in [2.75, 3.05) is 11.4 Å². The zero-order valence-corrected chi connectivity index (χ0v) is 21.1. The number of aliphatic imine (C=N–C) groups is 1. The first-order valence-corrected chi connectivity index (χ1v) is 12.3. The molecule has 32 heavy (non-hydrogen) atoms. The molecule has 4 nitrogen and oxygen atoms in total. The fourth-order valence-corrected chi connectivity index (χ4v) is 5.85. The van der Waals surface area contributed by atoms with Gasteiger partial charge in [0.1, 0.15) is 0 Å². The van der Waals surface area contributed by atoms with Crippen molar-refractivity contribution in [3.63, 3.8) is 0 Å². The summed E-state index contributed by atoms with van der Waals surface area (Å²) in [6.45, 7) is 14.2. The number of nitrogens with zero attached hydrogens (tertiary/aromatic N) is 2. The summed E-state index contributed by atoms with van der Waals surface area (Å²) in [7, 11) is 0. The Morgan fingerprint density at radius 3 is 2.78 bits per heavy atom. The van der Waals surface area contributed by atoms with Crippen LogP contribution in [0.4, 0.5) is 11.4 Å². The number of thioether (sulfide) groups is 1. The van der Waals surface area contributed by atoms with E-state index in [1.165, 1.54) is 28.6 Å². The maximum absolute atomic E-state index is 12.7. The summed E-state index contributed by atoms with van der Waals surface area (Å²) in [5, 5.41) is 4.14. The number of carbonyl (C=O) groups is 1. The predicted molar refractivity (Wildman–Crippen MR) is 138 cm³/mol. The lowest BCUT2D eigenvalue weighted by molar-refractivity contribution is -0.115. The number of nitrogens with one attached hydrogen (secondary N) is 1. The van der Waals surface area contributed by atoms with E-state index in [1.54, 1.807) is 0 Å². The molecular weight excluding hydrogens is 438 g/mol. The fourth-order valence-electron chi connectivity index (χ4n) is 4.85. The Kier molecular flexibility index (Phi) is 6.17. The number of halogens is 1. The van der Waals surface area contributed by atoms with Crippen LogP contribution in [0.1, 0.15) is 62.3 Å². The van der Waals surface area contributed by atoms with Crippen LogP contribution >= 0.6 is 23.4 Å². The Balaban J connectivity index is 1.68. The van der Waals surface area contributed by atoms with Crippen molar-refractivity contribution in [2.45, 2.75) is 59.4 Å². The average molecular weight is 468 g/mol. The number of benzene rings is 2. The number of hydrogen-bond donors (Lipinski definition) is 1. The van der Waals surface area contributed by atoms with Gasteiger partial charge in [-0.15, -0.1) is 0 Å². The molecule has 2 aromatic rings. The number of aryl methyl sites for hydroxylation is 1. The van der Waals surface area contributed by atoms with Crippen molar-refractivity contribution >= 4 is 51.9 Å². The molecule has 1 N–H and O–H groups in total. The molecule has 1 saturated heterocycles. The SMILES string of the molecule is CCN1c2cc(C)c(/C=C3\SC(=Nc4cccc(Cl)c4C)NC3=O)cc2[C@@H](C)CC1(C)C. The highest BCUT2D eigenvalue weighted by atomic mass is 35.5. The molecule has 0 unspecified atom stereocenters. The molecule has 1 atom stereocenters. The molecule has 168 valence electrons. The zero-order valence-electron chi connectivity index (χ0n) is 19.5. The number of carbonyl (C=O) groups excluding carboxylic acids is 1. The van der Waals surface area contributed by atoms with E-state index in [1.807, 2.05) is 31.2 Å². The first-order valence-electron chi connectivity index (χ1n) is 11.1. The van der Waals surface area contributed by atoms with Crippen LogP contribution in [0.3, 0.4) is 0 Å². The van der Waals surface area contributed by atoms with Gasteiger partial charge in [0.05, 0.1) is 10.6 Å². The minimum Gasteiger partial charge on any atom is -0.366 e. The van der Waals surface area contributed by atoms with Gasteiger partial charge < -0.3 is 10.2 Å². The lowest BCUT2D eigenvalue weighted by Crippen LogP contribution is -2.48. The summed E-state index contributed by atoms with van der Waals surface area (Å²) in [6, 6.07) is 10.2. The van der Waals surface area contributed by atoms with Gasteiger partial charge in [-0.3, -0.25) is 4.79 Å². The molecule has 6 heteroatoms. The van der Waals surface area contributed by atoms with Crippen molar-refractivity contribution in [3.8, 4) is 0 Å². The van der Waals surface area contributed by atoms with Gasteiger partial charge in [0.2, 0.25) is 0 Å². The third kappa shape index (κ3) is 4.20. The fraction of sp³-hybridized carbons (Fsp3) is 0.385. The molecular formula is C26H30ClN3OS. The van der Waals surface area contributed by atoms with Crippen LogP contribution in [-0.4, -0.2) is 23.2 Å². The molecule has 0 aromatic heterocycles. The van der Waals surface area contributed by atoms with E-state index in [-0.39, 0.29) is 11.4 Å². The molecule has 2 aliphatic heterocycles. The highest BCUT2D eigenvalue weighted by Crippen LogP contribution is 2.44. The smallest absolute Gasteiger partial charge is 0.264 e. The van der Waals surface area contributed by atoms with Gasteiger partial charge >= 0.3 is 0 Å². The molecule has 2 heterocycles. The Bertz CT molecular complexity index is 1150. The normalized spacial score (nSPS) is 22.4. The number of rotatable bonds is 3. The minimum absolute atomic E-state index is 0.116. The van der Waals surface area contributed by atoms with Gasteiger partial charge in [-0.2, -0.15) is 0 Å². The number of anilines is 1. The van der Waals surface area contributed by atoms with E-state index in [4.69, 9.17) is 11.6 Å². The highest BCUT2D eigenvalue weighted by molar-refractivity contribution is 8.18. The summed E-state index contributed by atoms with van der Waals surface area (Å²) in [5.41, 5.74) is 6.74. The molecule has 0 saturated carbocycles. The first-order chi connectivity index (χ1) is 15.1. The van der Waals surface area contributed by atoms with Crippen molar-refractivity contribution < 1.29 is 4.79 Å². The van der Waals surface area contributed by atoms with Crippen molar-refractivity contribution in [2.24, 2.45) is 4.99 Å². The zero-order chi connectivity index (χ0) is 23.2. The highest BCUT2D eigenvalue weighted by Gasteiger charge is 2.36. The van der Waals surface area contributed by atoms with Gasteiger partial charge in [-0.25, -0.2) is 4.99 Å². The van der Waals surface area contributed by atoms with Crippen molar-refractivity contribution in [1.82, 2.24) is 5.32 Å². The van der Waals surface area contributed by atoms with E-state index in [0.29, 0.717) is 21.0 Å². The van der Waals surface area contributed by atoms with E-state index in [2.05, 4.69) is 62.0 Å². The van der Waals surface area contributed by atoms with E-state index < -0.39 is 0 Å². The number of fused-ring (bicyclic) bond motifs is 1. The van der Waals surface area contributed by atoms with E-state index in [0.717, 1.165) is 29.8 Å². The first kappa shape index (κ1) is 22.9. The molecule has 1 fully saturated rings. The predicted octanol–water partition coefficient (Wildman–Crippen LogP) is 6.96. The van der Waals surface area contributed by atoms with Crippen molar-refractivity contribution in [3.05, 3.63) is 62.5 Å². The monoisotopic (exact) mass is 467 g/mol. The van der Waals surface area contributed by atoms with Gasteiger partial charge in [0.15, 0.2) is 5.17 Å². The third-order valence-electron chi connectivity index (χ3n) is 6.49. The molecule has 1 amide bonds. The van der Waals surface area contributed by atoms with Crippen LogP contribution in [0.15, 0.2) is 40.2 Å². The molecule has 0 aliphatic carbocycles. The maximum atomic E-state index is 12.7. The third-order valence-corrected chi connectivity index (χ3v) is 7.81. The molecule has 2 aliphatic rings. The molecule has 4 rings (SSSR count). The summed E-state index contributed by atoms with van der Waals surface area (Å²) in [6.07, 6.45) is 3.10. The largest absolute Gasteiger partial charge is 0.366 e. The van der Waals surface area contributed by atoms with Crippen LogP contribution in [0.2, 0.25) is 5.02 Å². The van der Waals surface area contributed by atoms with Gasteiger partial charge in [0.25, 0.3) is 5.91 Å². The second-order valence-corrected chi connectivity index (χ2v) is 10.7. The summed E-state index contributed by atoms with van der Waals surface area (Å²) in [5.74, 6) is 0.350. The molecule has 0 bridgehead atoms. The molecule has 0 radical (unpaired) electrons. The Hall–Kier alpha value is -2.24. The summed E-state index contributed by atoms with van der Waals surface area (Å²) in [4.78, 5) is 20.4. The van der Waals surface area contributed by atoms with E-state index in [9.17, 15) is 4.79 Å². The van der Waals surface area contributed by atoms with Crippen LogP contribution in [-0.2, 0) is 4.79 Å². The lowest BCUT2D eigenvalue weighted by atomic mass is 9.79. The Labute approximate surface area is 200 Å². The second-order valence-electron chi connectivity index (χ2n) is 9.30. The quantitative estimate of drug-likeness (QED) is 0.496. The summed E-state index contributed by atoms with van der Waals surface area (Å²) >= 11 is 7.58. The van der Waals surface area contributed by atoms with E-state index >= 15 is 0 Å². The second kappa shape index (κ2) is 8.60. The Morgan fingerprint density at radius 1 is 1.31 bits per heavy atom. The molecule has 2 aromatic carbocycles. The summed E-state index contributed by atoms with van der Waals surface area (Å²) < 4.78 is 0. The van der Waals surface area contributed by atoms with Gasteiger partial charge in [-0.1, -0.05) is 24.6 Å². The minimum atomic E-state index is -0.116. The van der Waals surface area contributed by atoms with Crippen LogP contribution < -0.4 is 10.2 Å². The number of hydrogen-bond acceptors (Lipinski definition) is 4. The number of amidine groups is 1. The molecule has 0 spiro atoms. The lowest BCUT2D eigenvalue weighted by Gasteiger charge is -2.47. The van der Waals surface area contributed by atoms with Crippen molar-refractivity contribution in [1.29, 1.82) is 0 Å². The maximum Gasteiger partial charge on any atom is 0.264 e. The van der Waals surface area contributed by atoms with Crippen LogP contribution in [0.25, 0.3) is 6.08 Å². The van der Waals surface area contributed by atoms with Crippen LogP contribution in [0.5, 0.6) is 0 Å². The van der Waals surface area contributed by atoms with Gasteiger partial charge in [0, 0.05) is 22.8 Å². The van der Waals surface area contributed by atoms with Crippen LogP contribution in [0, 0.1) is 13.8 Å². The van der Waals surface area contributed by atoms with Gasteiger partial charge in [-0.05, 0) is 111 Å². The number of amides is 1. The standard InChI is InChI=1S/C26H30ClN3OS/c1-7-30-22-11-15(2)18(12-19(22)16(3)14-26(30,5)6)13-23-24(31)29-25(32-23)28-21-10-8-9-20(27)17(21)4/h8-13,16H,7,14H2,1-6H3,(H,28,29,31)/b23-13-/t16-/m0/s1. The Morgan fingerprint density at radius 2 is 2.06 bits per heavy atom. The topological polar surface area (TPSA) is 44.7 Å².